The van der Waals surface area contributed by atoms with E-state index in [4.69, 9.17) is 16.3 Å². The first-order valence-corrected chi connectivity index (χ1v) is 10.5. The lowest BCUT2D eigenvalue weighted by molar-refractivity contribution is 0.259. The Morgan fingerprint density at radius 1 is 1.20 bits per heavy atom. The molecule has 2 atom stereocenters. The third-order valence-corrected chi connectivity index (χ3v) is 5.90. The van der Waals surface area contributed by atoms with Crippen LogP contribution in [0.3, 0.4) is 0 Å². The largest absolute Gasteiger partial charge is 0.493 e. The van der Waals surface area contributed by atoms with Crippen molar-refractivity contribution in [2.24, 2.45) is 5.92 Å². The normalized spacial score (nSPS) is 20.7. The molecular weight excluding hydrogens is 358 g/mol. The Kier molecular flexibility index (Phi) is 5.25. The molecule has 0 radical (unpaired) electrons. The van der Waals surface area contributed by atoms with Gasteiger partial charge in [0, 0.05) is 35.5 Å². The van der Waals surface area contributed by atoms with E-state index in [1.807, 2.05) is 18.2 Å². The van der Waals surface area contributed by atoms with E-state index >= 15 is 0 Å². The van der Waals surface area contributed by atoms with Crippen molar-refractivity contribution in [2.45, 2.75) is 24.3 Å². The van der Waals surface area contributed by atoms with Crippen LogP contribution in [0.15, 0.2) is 53.4 Å². The van der Waals surface area contributed by atoms with Crippen molar-refractivity contribution in [3.63, 3.8) is 0 Å². The van der Waals surface area contributed by atoms with Crippen molar-refractivity contribution < 1.29 is 13.2 Å². The van der Waals surface area contributed by atoms with Crippen LogP contribution >= 0.6 is 11.6 Å². The molecule has 0 bridgehead atoms. The van der Waals surface area contributed by atoms with Gasteiger partial charge in [0.2, 0.25) is 0 Å². The number of sulfone groups is 1. The molecule has 0 aromatic heterocycles. The Balaban J connectivity index is 1.59. The van der Waals surface area contributed by atoms with Gasteiger partial charge in [-0.3, -0.25) is 0 Å². The fourth-order valence-corrected chi connectivity index (χ4v) is 4.09. The molecule has 0 amide bonds. The van der Waals surface area contributed by atoms with Crippen LogP contribution in [-0.4, -0.2) is 33.9 Å². The minimum absolute atomic E-state index is 0.307. The quantitative estimate of drug-likeness (QED) is 0.786. The second-order valence-electron chi connectivity index (χ2n) is 6.64. The molecule has 25 heavy (non-hydrogen) atoms. The van der Waals surface area contributed by atoms with Gasteiger partial charge < -0.3 is 9.64 Å². The number of anilines is 1. The first-order valence-electron chi connectivity index (χ1n) is 8.28. The zero-order valence-electron chi connectivity index (χ0n) is 14.4. The van der Waals surface area contributed by atoms with Gasteiger partial charge in [0.1, 0.15) is 5.75 Å². The van der Waals surface area contributed by atoms with Crippen LogP contribution in [-0.2, 0) is 9.84 Å². The molecule has 1 aliphatic rings. The Hall–Kier alpha value is -1.72. The van der Waals surface area contributed by atoms with Crippen molar-refractivity contribution in [3.8, 4) is 5.75 Å². The van der Waals surface area contributed by atoms with Crippen LogP contribution in [0.5, 0.6) is 5.75 Å². The second kappa shape index (κ2) is 7.26. The van der Waals surface area contributed by atoms with Gasteiger partial charge in [0.15, 0.2) is 9.84 Å². The molecule has 1 heterocycles. The average Bonchev–Trinajstić information content (AvgIpc) is 2.93. The molecule has 0 saturated carbocycles. The molecule has 4 nitrogen and oxygen atoms in total. The molecule has 2 aromatic carbocycles. The number of rotatable bonds is 5. The van der Waals surface area contributed by atoms with Crippen LogP contribution in [0.25, 0.3) is 0 Å². The third kappa shape index (κ3) is 4.47. The van der Waals surface area contributed by atoms with E-state index in [0.29, 0.717) is 29.2 Å². The van der Waals surface area contributed by atoms with Crippen LogP contribution in [0, 0.1) is 5.92 Å². The molecule has 0 N–H and O–H groups in total. The van der Waals surface area contributed by atoms with E-state index in [1.165, 1.54) is 6.26 Å². The molecule has 3 rings (SSSR count). The van der Waals surface area contributed by atoms with Gasteiger partial charge in [-0.1, -0.05) is 17.7 Å². The van der Waals surface area contributed by atoms with Gasteiger partial charge in [-0.15, -0.1) is 0 Å². The Morgan fingerprint density at radius 3 is 2.56 bits per heavy atom. The van der Waals surface area contributed by atoms with Gasteiger partial charge in [0.25, 0.3) is 0 Å². The zero-order chi connectivity index (χ0) is 18.0. The maximum Gasteiger partial charge on any atom is 0.175 e. The topological polar surface area (TPSA) is 46.6 Å². The number of halogens is 1. The summed E-state index contributed by atoms with van der Waals surface area (Å²) < 4.78 is 28.8. The summed E-state index contributed by atoms with van der Waals surface area (Å²) in [5.41, 5.74) is 1.14. The third-order valence-electron chi connectivity index (χ3n) is 4.54. The Labute approximate surface area is 154 Å². The van der Waals surface area contributed by atoms with Gasteiger partial charge in [-0.2, -0.15) is 0 Å². The van der Waals surface area contributed by atoms with Crippen molar-refractivity contribution in [1.82, 2.24) is 0 Å². The minimum atomic E-state index is -3.17. The summed E-state index contributed by atoms with van der Waals surface area (Å²) in [4.78, 5) is 2.66. The van der Waals surface area contributed by atoms with E-state index in [0.717, 1.165) is 23.7 Å². The van der Waals surface area contributed by atoms with Crippen molar-refractivity contribution in [1.29, 1.82) is 0 Å². The maximum absolute atomic E-state index is 11.5. The highest BCUT2D eigenvalue weighted by Gasteiger charge is 2.29. The number of hydrogen-bond acceptors (Lipinski definition) is 4. The molecule has 1 saturated heterocycles. The highest BCUT2D eigenvalue weighted by molar-refractivity contribution is 7.90. The SMILES string of the molecule is CC1CC(COc2ccc(S(C)(=O)=O)cc2)CN1c1cccc(Cl)c1. The first-order chi connectivity index (χ1) is 11.8. The van der Waals surface area contributed by atoms with Crippen LogP contribution in [0.1, 0.15) is 13.3 Å². The second-order valence-corrected chi connectivity index (χ2v) is 9.09. The highest BCUT2D eigenvalue weighted by atomic mass is 35.5. The predicted molar refractivity (Wildman–Crippen MR) is 101 cm³/mol. The van der Waals surface area contributed by atoms with Gasteiger partial charge in [0.05, 0.1) is 11.5 Å². The summed E-state index contributed by atoms with van der Waals surface area (Å²) in [7, 11) is -3.17. The van der Waals surface area contributed by atoms with E-state index in [1.54, 1.807) is 24.3 Å². The molecule has 134 valence electrons. The minimum Gasteiger partial charge on any atom is -0.493 e. The van der Waals surface area contributed by atoms with Crippen LogP contribution in [0.4, 0.5) is 5.69 Å². The summed E-state index contributed by atoms with van der Waals surface area (Å²) in [5, 5.41) is 0.746. The fraction of sp³-hybridized carbons (Fsp3) is 0.368. The lowest BCUT2D eigenvalue weighted by atomic mass is 10.1. The number of ether oxygens (including phenoxy) is 1. The van der Waals surface area contributed by atoms with Gasteiger partial charge in [-0.25, -0.2) is 8.42 Å². The summed E-state index contributed by atoms with van der Waals surface area (Å²) in [5.74, 6) is 1.12. The number of benzene rings is 2. The molecule has 2 aromatic rings. The zero-order valence-corrected chi connectivity index (χ0v) is 15.9. The summed E-state index contributed by atoms with van der Waals surface area (Å²) in [6.45, 7) is 3.74. The summed E-state index contributed by atoms with van der Waals surface area (Å²) in [6.07, 6.45) is 2.25. The molecule has 2 unspecified atom stereocenters. The monoisotopic (exact) mass is 379 g/mol. The molecule has 0 aliphatic carbocycles. The van der Waals surface area contributed by atoms with Crippen molar-refractivity contribution >= 4 is 27.1 Å². The standard InChI is InChI=1S/C19H22ClNO3S/c1-14-10-15(12-21(14)17-5-3-4-16(20)11-17)13-24-18-6-8-19(9-7-18)25(2,22)23/h3-9,11,14-15H,10,12-13H2,1-2H3. The van der Waals surface area contributed by atoms with Crippen molar-refractivity contribution in [2.75, 3.05) is 24.3 Å². The number of nitrogens with zero attached hydrogens (tertiary/aromatic N) is 1. The maximum atomic E-state index is 11.5. The molecule has 1 aliphatic heterocycles. The van der Waals surface area contributed by atoms with Crippen LogP contribution in [0.2, 0.25) is 5.02 Å². The molecule has 1 fully saturated rings. The van der Waals surface area contributed by atoms with Crippen LogP contribution < -0.4 is 9.64 Å². The van der Waals surface area contributed by atoms with Gasteiger partial charge >= 0.3 is 0 Å². The predicted octanol–water partition coefficient (Wildman–Crippen LogP) is 4.04. The first kappa shape index (κ1) is 18.1. The molecule has 0 spiro atoms. The highest BCUT2D eigenvalue weighted by Crippen LogP contribution is 2.31. The smallest absolute Gasteiger partial charge is 0.175 e. The van der Waals surface area contributed by atoms with E-state index in [-0.39, 0.29) is 0 Å². The Bertz CT molecular complexity index is 836. The summed E-state index contributed by atoms with van der Waals surface area (Å²) in [6, 6.07) is 14.9. The van der Waals surface area contributed by atoms with Crippen molar-refractivity contribution in [3.05, 3.63) is 53.6 Å². The lowest BCUT2D eigenvalue weighted by Gasteiger charge is -2.24. The number of hydrogen-bond donors (Lipinski definition) is 0. The van der Waals surface area contributed by atoms with E-state index in [2.05, 4.69) is 17.9 Å². The average molecular weight is 380 g/mol. The molecule has 6 heteroatoms. The lowest BCUT2D eigenvalue weighted by Crippen LogP contribution is -2.27. The van der Waals surface area contributed by atoms with E-state index in [9.17, 15) is 8.42 Å². The van der Waals surface area contributed by atoms with Gasteiger partial charge in [-0.05, 0) is 55.8 Å². The Morgan fingerprint density at radius 2 is 1.92 bits per heavy atom. The molecular formula is C19H22ClNO3S. The summed E-state index contributed by atoms with van der Waals surface area (Å²) >= 11 is 6.10. The fourth-order valence-electron chi connectivity index (χ4n) is 3.27. The van der Waals surface area contributed by atoms with E-state index < -0.39 is 9.84 Å².